The fraction of sp³-hybridized carbons (Fsp3) is 0.900. The first-order valence-corrected chi connectivity index (χ1v) is 5.10. The molecule has 3 heteroatoms. The Morgan fingerprint density at radius 2 is 2.23 bits per heavy atom. The van der Waals surface area contributed by atoms with E-state index in [4.69, 9.17) is 5.73 Å². The number of piperidine rings is 1. The fourth-order valence-corrected chi connectivity index (χ4v) is 2.24. The van der Waals surface area contributed by atoms with Crippen LogP contribution in [-0.2, 0) is 4.79 Å². The molecule has 1 amide bonds. The van der Waals surface area contributed by atoms with Crippen molar-refractivity contribution in [2.75, 3.05) is 6.54 Å². The summed E-state index contributed by atoms with van der Waals surface area (Å²) < 4.78 is 0. The maximum Gasteiger partial charge on any atom is 0.242 e. The van der Waals surface area contributed by atoms with Crippen LogP contribution in [0.5, 0.6) is 0 Å². The minimum absolute atomic E-state index is 0.125. The molecule has 2 unspecified atom stereocenters. The molecule has 0 bridgehead atoms. The summed E-state index contributed by atoms with van der Waals surface area (Å²) in [4.78, 5) is 13.9. The van der Waals surface area contributed by atoms with Gasteiger partial charge in [-0.3, -0.25) is 4.79 Å². The molecule has 1 heterocycles. The van der Waals surface area contributed by atoms with E-state index in [-0.39, 0.29) is 5.91 Å². The molecule has 2 rings (SSSR count). The Bertz CT molecular complexity index is 232. The predicted molar refractivity (Wildman–Crippen MR) is 51.1 cm³/mol. The smallest absolute Gasteiger partial charge is 0.242 e. The van der Waals surface area contributed by atoms with Crippen molar-refractivity contribution in [1.29, 1.82) is 0 Å². The quantitative estimate of drug-likeness (QED) is 0.650. The van der Waals surface area contributed by atoms with E-state index in [0.29, 0.717) is 6.04 Å². The van der Waals surface area contributed by atoms with Gasteiger partial charge in [0.15, 0.2) is 0 Å². The predicted octanol–water partition coefficient (Wildman–Crippen LogP) is 0.735. The average molecular weight is 182 g/mol. The first-order valence-electron chi connectivity index (χ1n) is 5.10. The highest BCUT2D eigenvalue weighted by atomic mass is 16.2. The second kappa shape index (κ2) is 2.71. The van der Waals surface area contributed by atoms with Gasteiger partial charge in [-0.1, -0.05) is 0 Å². The van der Waals surface area contributed by atoms with E-state index in [1.54, 1.807) is 13.8 Å². The van der Waals surface area contributed by atoms with Gasteiger partial charge in [-0.25, -0.2) is 0 Å². The minimum Gasteiger partial charge on any atom is -0.338 e. The maximum atomic E-state index is 11.9. The van der Waals surface area contributed by atoms with E-state index in [1.165, 1.54) is 12.8 Å². The summed E-state index contributed by atoms with van der Waals surface area (Å²) in [5.41, 5.74) is 5.11. The zero-order chi connectivity index (χ0) is 9.64. The minimum atomic E-state index is -0.690. The molecule has 0 spiro atoms. The van der Waals surface area contributed by atoms with E-state index in [0.717, 1.165) is 18.9 Å². The van der Waals surface area contributed by atoms with Gasteiger partial charge >= 0.3 is 0 Å². The number of hydrogen-bond acceptors (Lipinski definition) is 2. The van der Waals surface area contributed by atoms with Crippen LogP contribution in [0.2, 0.25) is 0 Å². The third-order valence-electron chi connectivity index (χ3n) is 3.07. The van der Waals surface area contributed by atoms with Gasteiger partial charge in [-0.15, -0.1) is 0 Å². The highest BCUT2D eigenvalue weighted by Gasteiger charge is 2.47. The van der Waals surface area contributed by atoms with Crippen molar-refractivity contribution < 1.29 is 4.79 Å². The number of carbonyl (C=O) groups is 1. The number of nitrogens with two attached hydrogens (primary N) is 1. The zero-order valence-electron chi connectivity index (χ0n) is 8.42. The summed E-state index contributed by atoms with van der Waals surface area (Å²) in [5.74, 6) is 0.916. The molecule has 2 fully saturated rings. The van der Waals surface area contributed by atoms with Crippen LogP contribution in [0.15, 0.2) is 0 Å². The van der Waals surface area contributed by atoms with Crippen molar-refractivity contribution in [2.45, 2.75) is 44.7 Å². The molecule has 2 atom stereocenters. The van der Waals surface area contributed by atoms with Crippen molar-refractivity contribution in [3.63, 3.8) is 0 Å². The topological polar surface area (TPSA) is 46.3 Å². The second-order valence-electron chi connectivity index (χ2n) is 4.93. The fourth-order valence-electron chi connectivity index (χ4n) is 2.24. The molecular weight excluding hydrogens is 164 g/mol. The van der Waals surface area contributed by atoms with Crippen LogP contribution >= 0.6 is 0 Å². The third-order valence-corrected chi connectivity index (χ3v) is 3.07. The summed E-state index contributed by atoms with van der Waals surface area (Å²) >= 11 is 0. The summed E-state index contributed by atoms with van der Waals surface area (Å²) in [6.07, 6.45) is 3.67. The monoisotopic (exact) mass is 182 g/mol. The SMILES string of the molecule is CC(C)(N)C(=O)N1CCCC2CC21. The van der Waals surface area contributed by atoms with Gasteiger partial charge in [0.05, 0.1) is 5.54 Å². The van der Waals surface area contributed by atoms with Crippen LogP contribution in [0.25, 0.3) is 0 Å². The number of carbonyl (C=O) groups excluding carboxylic acids is 1. The summed E-state index contributed by atoms with van der Waals surface area (Å²) in [5, 5.41) is 0. The van der Waals surface area contributed by atoms with Gasteiger partial charge < -0.3 is 10.6 Å². The van der Waals surface area contributed by atoms with Crippen LogP contribution < -0.4 is 5.73 Å². The molecule has 1 saturated heterocycles. The average Bonchev–Trinajstić information content (AvgIpc) is 2.78. The van der Waals surface area contributed by atoms with Gasteiger partial charge in [-0.05, 0) is 39.0 Å². The van der Waals surface area contributed by atoms with Gasteiger partial charge in [0.2, 0.25) is 5.91 Å². The number of hydrogen-bond donors (Lipinski definition) is 1. The Hall–Kier alpha value is -0.570. The first-order chi connectivity index (χ1) is 6.00. The highest BCUT2D eigenvalue weighted by Crippen LogP contribution is 2.43. The lowest BCUT2D eigenvalue weighted by molar-refractivity contribution is -0.137. The molecule has 3 nitrogen and oxygen atoms in total. The summed E-state index contributed by atoms with van der Waals surface area (Å²) in [6.45, 7) is 4.50. The highest BCUT2D eigenvalue weighted by molar-refractivity contribution is 5.85. The van der Waals surface area contributed by atoms with Gasteiger partial charge in [0.1, 0.15) is 0 Å². The lowest BCUT2D eigenvalue weighted by Crippen LogP contribution is -2.53. The van der Waals surface area contributed by atoms with E-state index < -0.39 is 5.54 Å². The van der Waals surface area contributed by atoms with E-state index >= 15 is 0 Å². The number of rotatable bonds is 1. The zero-order valence-corrected chi connectivity index (χ0v) is 8.42. The van der Waals surface area contributed by atoms with Crippen molar-refractivity contribution in [3.05, 3.63) is 0 Å². The molecule has 0 radical (unpaired) electrons. The molecule has 1 saturated carbocycles. The molecule has 0 aromatic heterocycles. The Labute approximate surface area is 79.3 Å². The van der Waals surface area contributed by atoms with Gasteiger partial charge in [0, 0.05) is 12.6 Å². The van der Waals surface area contributed by atoms with Gasteiger partial charge in [-0.2, -0.15) is 0 Å². The number of nitrogens with zero attached hydrogens (tertiary/aromatic N) is 1. The third kappa shape index (κ3) is 1.57. The molecule has 13 heavy (non-hydrogen) atoms. The number of likely N-dealkylation sites (tertiary alicyclic amines) is 1. The number of fused-ring (bicyclic) bond motifs is 1. The van der Waals surface area contributed by atoms with Crippen LogP contribution in [0, 0.1) is 5.92 Å². The first kappa shape index (κ1) is 9.00. The van der Waals surface area contributed by atoms with Crippen molar-refractivity contribution in [1.82, 2.24) is 4.90 Å². The van der Waals surface area contributed by atoms with Crippen molar-refractivity contribution in [2.24, 2.45) is 11.7 Å². The largest absolute Gasteiger partial charge is 0.338 e. The van der Waals surface area contributed by atoms with E-state index in [9.17, 15) is 4.79 Å². The summed E-state index contributed by atoms with van der Waals surface area (Å²) in [6, 6.07) is 0.532. The Balaban J connectivity index is 2.04. The molecule has 0 aromatic rings. The Morgan fingerprint density at radius 3 is 2.85 bits per heavy atom. The molecule has 74 valence electrons. The standard InChI is InChI=1S/C10H18N2O/c1-10(2,11)9(13)12-5-3-4-7-6-8(7)12/h7-8H,3-6,11H2,1-2H3. The van der Waals surface area contributed by atoms with E-state index in [2.05, 4.69) is 0 Å². The molecular formula is C10H18N2O. The van der Waals surface area contributed by atoms with Crippen molar-refractivity contribution in [3.8, 4) is 0 Å². The van der Waals surface area contributed by atoms with Crippen LogP contribution in [0.3, 0.4) is 0 Å². The van der Waals surface area contributed by atoms with E-state index in [1.807, 2.05) is 4.90 Å². The lowest BCUT2D eigenvalue weighted by atomic mass is 10.0. The normalized spacial score (nSPS) is 32.7. The Kier molecular flexibility index (Phi) is 1.88. The van der Waals surface area contributed by atoms with Crippen LogP contribution in [0.4, 0.5) is 0 Å². The molecule has 2 aliphatic rings. The van der Waals surface area contributed by atoms with Gasteiger partial charge in [0.25, 0.3) is 0 Å². The molecule has 2 N–H and O–H groups in total. The number of amides is 1. The van der Waals surface area contributed by atoms with Crippen LogP contribution in [0.1, 0.15) is 33.1 Å². The molecule has 0 aromatic carbocycles. The molecule has 1 aliphatic heterocycles. The van der Waals surface area contributed by atoms with Crippen LogP contribution in [-0.4, -0.2) is 28.9 Å². The lowest BCUT2D eigenvalue weighted by Gasteiger charge is -2.32. The maximum absolute atomic E-state index is 11.9. The summed E-state index contributed by atoms with van der Waals surface area (Å²) in [7, 11) is 0. The molecule has 1 aliphatic carbocycles. The second-order valence-corrected chi connectivity index (χ2v) is 4.93. The van der Waals surface area contributed by atoms with Crippen molar-refractivity contribution >= 4 is 5.91 Å². The Morgan fingerprint density at radius 1 is 1.54 bits per heavy atom.